The van der Waals surface area contributed by atoms with Crippen molar-refractivity contribution in [2.45, 2.75) is 20.4 Å². The molecule has 0 radical (unpaired) electrons. The van der Waals surface area contributed by atoms with Gasteiger partial charge in [-0.05, 0) is 19.4 Å². The predicted octanol–water partition coefficient (Wildman–Crippen LogP) is 0.943. The van der Waals surface area contributed by atoms with Crippen LogP contribution in [-0.4, -0.2) is 45.0 Å². The smallest absolute Gasteiger partial charge is 0.323 e. The van der Waals surface area contributed by atoms with Crippen molar-refractivity contribution in [1.29, 1.82) is 0 Å². The molecule has 112 valence electrons. The molecule has 0 aliphatic heterocycles. The second-order valence-electron chi connectivity index (χ2n) is 4.63. The van der Waals surface area contributed by atoms with Gasteiger partial charge in [-0.2, -0.15) is 0 Å². The number of carbonyl (C=O) groups is 2. The average molecular weight is 309 g/mol. The van der Waals surface area contributed by atoms with Gasteiger partial charge in [0.25, 0.3) is 11.5 Å². The number of rotatable bonds is 4. The zero-order valence-corrected chi connectivity index (χ0v) is 12.7. The molecule has 0 saturated carbocycles. The molecule has 0 aliphatic rings. The Labute approximate surface area is 124 Å². The van der Waals surface area contributed by atoms with Crippen LogP contribution in [0.3, 0.4) is 0 Å². The van der Waals surface area contributed by atoms with Crippen LogP contribution >= 0.6 is 11.3 Å². The Hall–Kier alpha value is -2.22. The van der Waals surface area contributed by atoms with Gasteiger partial charge in [0.05, 0.1) is 16.6 Å². The van der Waals surface area contributed by atoms with Crippen molar-refractivity contribution in [3.05, 3.63) is 27.1 Å². The fourth-order valence-electron chi connectivity index (χ4n) is 2.04. The molecule has 2 aromatic heterocycles. The summed E-state index contributed by atoms with van der Waals surface area (Å²) in [6, 6.07) is 0. The topological polar surface area (TPSA) is 92.5 Å². The lowest BCUT2D eigenvalue weighted by molar-refractivity contribution is -0.137. The second kappa shape index (κ2) is 5.65. The molecular weight excluding hydrogens is 294 g/mol. The fourth-order valence-corrected chi connectivity index (χ4v) is 3.17. The van der Waals surface area contributed by atoms with Gasteiger partial charge in [0.1, 0.15) is 11.4 Å². The number of carbonyl (C=O) groups excluding carboxylic acids is 1. The van der Waals surface area contributed by atoms with E-state index in [9.17, 15) is 14.4 Å². The first-order valence-corrected chi connectivity index (χ1v) is 7.14. The summed E-state index contributed by atoms with van der Waals surface area (Å²) in [5.74, 6) is -1.50. The Morgan fingerprint density at radius 1 is 1.48 bits per heavy atom. The van der Waals surface area contributed by atoms with E-state index in [1.165, 1.54) is 17.9 Å². The Morgan fingerprint density at radius 3 is 2.71 bits per heavy atom. The highest BCUT2D eigenvalue weighted by Crippen LogP contribution is 2.27. The van der Waals surface area contributed by atoms with E-state index in [4.69, 9.17) is 5.11 Å². The van der Waals surface area contributed by atoms with Gasteiger partial charge in [0, 0.05) is 13.6 Å². The van der Waals surface area contributed by atoms with E-state index in [0.29, 0.717) is 27.2 Å². The van der Waals surface area contributed by atoms with Crippen molar-refractivity contribution in [1.82, 2.24) is 14.5 Å². The molecule has 0 aliphatic carbocycles. The quantitative estimate of drug-likeness (QED) is 0.907. The van der Waals surface area contributed by atoms with E-state index >= 15 is 0 Å². The number of aromatic nitrogens is 2. The number of aryl methyl sites for hydroxylation is 2. The number of carboxylic acid groups (broad SMARTS) is 1. The number of likely N-dealkylation sites (N-methyl/N-ethyl adjacent to an activating group) is 1. The molecule has 7 nitrogen and oxygen atoms in total. The van der Waals surface area contributed by atoms with E-state index in [1.807, 2.05) is 6.92 Å². The highest BCUT2D eigenvalue weighted by atomic mass is 32.1. The molecule has 2 aromatic rings. The summed E-state index contributed by atoms with van der Waals surface area (Å²) in [5.41, 5.74) is 0.369. The van der Waals surface area contributed by atoms with Crippen LogP contribution < -0.4 is 5.56 Å². The van der Waals surface area contributed by atoms with Gasteiger partial charge < -0.3 is 10.0 Å². The Morgan fingerprint density at radius 2 is 2.14 bits per heavy atom. The molecule has 0 bridgehead atoms. The number of amides is 1. The van der Waals surface area contributed by atoms with Gasteiger partial charge in [-0.1, -0.05) is 0 Å². The van der Waals surface area contributed by atoms with Gasteiger partial charge in [-0.15, -0.1) is 11.3 Å². The van der Waals surface area contributed by atoms with Gasteiger partial charge in [0.15, 0.2) is 0 Å². The predicted molar refractivity (Wildman–Crippen MR) is 78.9 cm³/mol. The lowest BCUT2D eigenvalue weighted by Crippen LogP contribution is -2.31. The molecule has 0 spiro atoms. The summed E-state index contributed by atoms with van der Waals surface area (Å²) in [5, 5.41) is 9.17. The number of hydrogen-bond donors (Lipinski definition) is 1. The number of hydrogen-bond acceptors (Lipinski definition) is 5. The molecule has 1 amide bonds. The molecule has 1 N–H and O–H groups in total. The van der Waals surface area contributed by atoms with E-state index in [0.717, 1.165) is 16.2 Å². The van der Waals surface area contributed by atoms with Gasteiger partial charge in [0.2, 0.25) is 0 Å². The molecule has 2 rings (SSSR count). The summed E-state index contributed by atoms with van der Waals surface area (Å²) in [6.45, 7) is 3.63. The maximum atomic E-state index is 12.3. The van der Waals surface area contributed by atoms with E-state index in [-0.39, 0.29) is 12.1 Å². The third-order valence-electron chi connectivity index (χ3n) is 3.17. The Kier molecular flexibility index (Phi) is 4.08. The monoisotopic (exact) mass is 309 g/mol. The van der Waals surface area contributed by atoms with Gasteiger partial charge in [-0.3, -0.25) is 19.0 Å². The number of nitrogens with zero attached hydrogens (tertiary/aromatic N) is 3. The summed E-state index contributed by atoms with van der Waals surface area (Å²) >= 11 is 1.11. The van der Waals surface area contributed by atoms with Crippen LogP contribution in [0.2, 0.25) is 0 Å². The molecule has 0 saturated heterocycles. The van der Waals surface area contributed by atoms with Crippen molar-refractivity contribution in [2.75, 3.05) is 13.6 Å². The zero-order chi connectivity index (χ0) is 15.7. The first-order valence-electron chi connectivity index (χ1n) is 6.32. The maximum Gasteiger partial charge on any atom is 0.323 e. The third kappa shape index (κ3) is 2.66. The molecule has 0 aromatic carbocycles. The molecule has 2 heterocycles. The van der Waals surface area contributed by atoms with Crippen LogP contribution in [0.4, 0.5) is 0 Å². The molecule has 0 unspecified atom stereocenters. The summed E-state index contributed by atoms with van der Waals surface area (Å²) in [7, 11) is 1.41. The van der Waals surface area contributed by atoms with Crippen LogP contribution in [0.5, 0.6) is 0 Å². The highest BCUT2D eigenvalue weighted by Gasteiger charge is 2.22. The van der Waals surface area contributed by atoms with Crippen LogP contribution in [-0.2, 0) is 11.3 Å². The van der Waals surface area contributed by atoms with Crippen molar-refractivity contribution in [2.24, 2.45) is 0 Å². The van der Waals surface area contributed by atoms with Crippen LogP contribution in [0, 0.1) is 6.92 Å². The Balaban J connectivity index is 2.54. The minimum Gasteiger partial charge on any atom is -0.480 e. The highest BCUT2D eigenvalue weighted by molar-refractivity contribution is 7.20. The molecule has 8 heteroatoms. The number of carboxylic acids is 1. The van der Waals surface area contributed by atoms with Gasteiger partial charge in [-0.25, -0.2) is 4.98 Å². The largest absolute Gasteiger partial charge is 0.480 e. The standard InChI is InChI=1S/C13H15N3O4S/c1-4-16-6-14-11-9(12(16)19)7(2)10(21-11)13(20)15(3)5-8(17)18/h6H,4-5H2,1-3H3,(H,17,18). The molecule has 21 heavy (non-hydrogen) atoms. The number of fused-ring (bicyclic) bond motifs is 1. The average Bonchev–Trinajstić information content (AvgIpc) is 2.75. The minimum absolute atomic E-state index is 0.184. The minimum atomic E-state index is -1.09. The lowest BCUT2D eigenvalue weighted by atomic mass is 10.2. The van der Waals surface area contributed by atoms with Crippen molar-refractivity contribution < 1.29 is 14.7 Å². The van der Waals surface area contributed by atoms with Crippen LogP contribution in [0.1, 0.15) is 22.2 Å². The first-order chi connectivity index (χ1) is 9.86. The maximum absolute atomic E-state index is 12.3. The fraction of sp³-hybridized carbons (Fsp3) is 0.385. The third-order valence-corrected chi connectivity index (χ3v) is 4.36. The van der Waals surface area contributed by atoms with Crippen LogP contribution in [0.25, 0.3) is 10.2 Å². The summed E-state index contributed by atoms with van der Waals surface area (Å²) < 4.78 is 1.47. The van der Waals surface area contributed by atoms with E-state index in [1.54, 1.807) is 6.92 Å². The van der Waals surface area contributed by atoms with Crippen LogP contribution in [0.15, 0.2) is 11.1 Å². The zero-order valence-electron chi connectivity index (χ0n) is 11.9. The normalized spacial score (nSPS) is 10.8. The van der Waals surface area contributed by atoms with Crippen molar-refractivity contribution in [3.63, 3.8) is 0 Å². The summed E-state index contributed by atoms with van der Waals surface area (Å²) in [6.07, 6.45) is 1.45. The number of aliphatic carboxylic acids is 1. The SMILES string of the molecule is CCn1cnc2sc(C(=O)N(C)CC(=O)O)c(C)c2c1=O. The lowest BCUT2D eigenvalue weighted by Gasteiger charge is -2.13. The van der Waals surface area contributed by atoms with E-state index in [2.05, 4.69) is 4.98 Å². The Bertz CT molecular complexity index is 778. The van der Waals surface area contributed by atoms with Crippen molar-refractivity contribution in [3.8, 4) is 0 Å². The molecule has 0 atom stereocenters. The molecular formula is C13H15N3O4S. The van der Waals surface area contributed by atoms with Crippen molar-refractivity contribution >= 4 is 33.4 Å². The van der Waals surface area contributed by atoms with E-state index < -0.39 is 11.9 Å². The van der Waals surface area contributed by atoms with Gasteiger partial charge >= 0.3 is 5.97 Å². The number of thiophene rings is 1. The molecule has 0 fully saturated rings. The summed E-state index contributed by atoms with van der Waals surface area (Å²) in [4.78, 5) is 41.4. The second-order valence-corrected chi connectivity index (χ2v) is 5.63. The first kappa shape index (κ1) is 15.2.